The summed E-state index contributed by atoms with van der Waals surface area (Å²) in [6.45, 7) is 10.7. The third-order valence-electron chi connectivity index (χ3n) is 3.84. The molecule has 0 unspecified atom stereocenters. The van der Waals surface area contributed by atoms with Crippen LogP contribution in [0.1, 0.15) is 60.3 Å². The van der Waals surface area contributed by atoms with Crippen LogP contribution < -0.4 is 10.1 Å². The third-order valence-corrected chi connectivity index (χ3v) is 4.16. The van der Waals surface area contributed by atoms with Gasteiger partial charge in [-0.25, -0.2) is 4.79 Å². The van der Waals surface area contributed by atoms with Crippen molar-refractivity contribution in [1.82, 2.24) is 10.2 Å². The van der Waals surface area contributed by atoms with Gasteiger partial charge in [-0.2, -0.15) is 10.2 Å². The van der Waals surface area contributed by atoms with Crippen molar-refractivity contribution < 1.29 is 9.53 Å². The summed E-state index contributed by atoms with van der Waals surface area (Å²) < 4.78 is 5.27. The molecule has 0 radical (unpaired) electrons. The molecule has 1 rings (SSSR count). The van der Waals surface area contributed by atoms with E-state index in [0.717, 1.165) is 25.7 Å². The molecule has 0 fully saturated rings. The van der Waals surface area contributed by atoms with E-state index in [4.69, 9.17) is 17.0 Å². The number of azo groups is 1. The quantitative estimate of drug-likeness (QED) is 0.340. The number of hydrogen-bond donors (Lipinski definition) is 1. The molecule has 27 heavy (non-hydrogen) atoms. The molecule has 0 saturated heterocycles. The first-order valence-electron chi connectivity index (χ1n) is 9.53. The molecule has 0 heterocycles. The number of carbonyl (C=O) groups excluding carboxylic acids is 1. The first-order valence-corrected chi connectivity index (χ1v) is 9.94. The molecule has 1 amide bonds. The smallest absolute Gasteiger partial charge is 0.410 e. The number of unbranched alkanes of at least 4 members (excludes halogenated alkanes) is 3. The maximum absolute atomic E-state index is 12.2. The van der Waals surface area contributed by atoms with E-state index in [1.165, 1.54) is 0 Å². The molecule has 0 spiro atoms. The molecule has 0 aromatic heterocycles. The summed E-state index contributed by atoms with van der Waals surface area (Å²) in [6, 6.07) is 8.98. The summed E-state index contributed by atoms with van der Waals surface area (Å²) in [5, 5.41) is 11.7. The van der Waals surface area contributed by atoms with Crippen molar-refractivity contribution in [2.75, 3.05) is 6.54 Å². The highest BCUT2D eigenvalue weighted by atomic mass is 32.1. The second-order valence-electron chi connectivity index (χ2n) is 7.15. The van der Waals surface area contributed by atoms with Crippen molar-refractivity contribution in [3.8, 4) is 5.75 Å². The number of nitrogens with one attached hydrogen (secondary N) is 1. The number of benzene rings is 1. The van der Waals surface area contributed by atoms with Gasteiger partial charge in [-0.15, -0.1) is 0 Å². The zero-order chi connectivity index (χ0) is 20.3. The van der Waals surface area contributed by atoms with Crippen LogP contribution in [0, 0.1) is 0 Å². The second kappa shape index (κ2) is 11.6. The van der Waals surface area contributed by atoms with E-state index < -0.39 is 11.8 Å². The first kappa shape index (κ1) is 23.0. The van der Waals surface area contributed by atoms with Gasteiger partial charge in [-0.1, -0.05) is 44.4 Å². The van der Waals surface area contributed by atoms with E-state index in [0.29, 0.717) is 17.4 Å². The molecule has 1 aromatic carbocycles. The van der Waals surface area contributed by atoms with Crippen LogP contribution in [0.5, 0.6) is 5.75 Å². The normalized spacial score (nSPS) is 11.6. The first-order chi connectivity index (χ1) is 12.8. The summed E-state index contributed by atoms with van der Waals surface area (Å²) in [7, 11) is 0. The highest BCUT2D eigenvalue weighted by Crippen LogP contribution is 2.19. The van der Waals surface area contributed by atoms with Gasteiger partial charge in [0, 0.05) is 6.54 Å². The van der Waals surface area contributed by atoms with Crippen LogP contribution in [0.2, 0.25) is 0 Å². The standard InChI is InChI=1S/C20H32N4O2S/c1-6-7-8-12-15-24(20(4,5)23-22-16(2)3)18(27)21-19(25)26-17-13-10-9-11-14-17/h9-11,13-14,16H,6-8,12,15H2,1-5H3,(H,21,25,27). The fourth-order valence-electron chi connectivity index (χ4n) is 2.41. The Morgan fingerprint density at radius 2 is 1.89 bits per heavy atom. The van der Waals surface area contributed by atoms with E-state index in [1.54, 1.807) is 24.3 Å². The van der Waals surface area contributed by atoms with E-state index in [9.17, 15) is 4.79 Å². The summed E-state index contributed by atoms with van der Waals surface area (Å²) in [4.78, 5) is 14.1. The number of thiocarbonyl (C=S) groups is 1. The van der Waals surface area contributed by atoms with Crippen LogP contribution in [0.25, 0.3) is 0 Å². The van der Waals surface area contributed by atoms with Crippen molar-refractivity contribution in [2.24, 2.45) is 10.2 Å². The lowest BCUT2D eigenvalue weighted by Gasteiger charge is -2.36. The molecule has 0 saturated carbocycles. The van der Waals surface area contributed by atoms with Gasteiger partial charge in [0.25, 0.3) is 0 Å². The monoisotopic (exact) mass is 392 g/mol. The second-order valence-corrected chi connectivity index (χ2v) is 7.54. The minimum Gasteiger partial charge on any atom is -0.410 e. The summed E-state index contributed by atoms with van der Waals surface area (Å²) >= 11 is 5.49. The van der Waals surface area contributed by atoms with Crippen LogP contribution in [0.3, 0.4) is 0 Å². The Balaban J connectivity index is 2.79. The van der Waals surface area contributed by atoms with Crippen molar-refractivity contribution in [3.63, 3.8) is 0 Å². The van der Waals surface area contributed by atoms with Gasteiger partial charge in [-0.05, 0) is 58.5 Å². The highest BCUT2D eigenvalue weighted by Gasteiger charge is 2.29. The maximum atomic E-state index is 12.2. The van der Waals surface area contributed by atoms with E-state index in [1.807, 2.05) is 38.7 Å². The van der Waals surface area contributed by atoms with Gasteiger partial charge >= 0.3 is 6.09 Å². The number of nitrogens with zero attached hydrogens (tertiary/aromatic N) is 3. The number of hydrogen-bond acceptors (Lipinski definition) is 5. The Morgan fingerprint density at radius 3 is 2.48 bits per heavy atom. The fraction of sp³-hybridized carbons (Fsp3) is 0.600. The third kappa shape index (κ3) is 8.95. The lowest BCUT2D eigenvalue weighted by atomic mass is 10.1. The molecule has 1 N–H and O–H groups in total. The minimum atomic E-state index is -0.659. The summed E-state index contributed by atoms with van der Waals surface area (Å²) in [5.74, 6) is 0.464. The highest BCUT2D eigenvalue weighted by molar-refractivity contribution is 7.80. The number of ether oxygens (including phenoxy) is 1. The fourth-order valence-corrected chi connectivity index (χ4v) is 2.80. The Labute approximate surface area is 168 Å². The molecule has 0 atom stereocenters. The lowest BCUT2D eigenvalue weighted by Crippen LogP contribution is -2.53. The number of rotatable bonds is 9. The summed E-state index contributed by atoms with van der Waals surface area (Å²) in [5.41, 5.74) is -0.659. The minimum absolute atomic E-state index is 0.0933. The van der Waals surface area contributed by atoms with Crippen LogP contribution >= 0.6 is 12.2 Å². The molecule has 7 heteroatoms. The molecule has 0 bridgehead atoms. The van der Waals surface area contributed by atoms with E-state index >= 15 is 0 Å². The topological polar surface area (TPSA) is 66.3 Å². The van der Waals surface area contributed by atoms with Gasteiger partial charge in [0.05, 0.1) is 6.04 Å². The van der Waals surface area contributed by atoms with Crippen LogP contribution in [-0.2, 0) is 0 Å². The zero-order valence-electron chi connectivity index (χ0n) is 17.1. The Bertz CT molecular complexity index is 618. The van der Waals surface area contributed by atoms with Gasteiger partial charge in [0.1, 0.15) is 11.4 Å². The SMILES string of the molecule is CCCCCCN(C(=S)NC(=O)Oc1ccccc1)C(C)(C)N=NC(C)C. The van der Waals surface area contributed by atoms with Crippen molar-refractivity contribution >= 4 is 23.4 Å². The average molecular weight is 393 g/mol. The van der Waals surface area contributed by atoms with Crippen LogP contribution in [-0.4, -0.2) is 34.4 Å². The number of amides is 1. The molecule has 0 aliphatic heterocycles. The molecular weight excluding hydrogens is 360 g/mol. The Morgan fingerprint density at radius 1 is 1.22 bits per heavy atom. The van der Waals surface area contributed by atoms with E-state index in [-0.39, 0.29) is 6.04 Å². The zero-order valence-corrected chi connectivity index (χ0v) is 17.9. The predicted molar refractivity (Wildman–Crippen MR) is 113 cm³/mol. The van der Waals surface area contributed by atoms with Crippen molar-refractivity contribution in [3.05, 3.63) is 30.3 Å². The number of carbonyl (C=O) groups is 1. The maximum Gasteiger partial charge on any atom is 0.418 e. The largest absolute Gasteiger partial charge is 0.418 e. The number of para-hydroxylation sites is 1. The predicted octanol–water partition coefficient (Wildman–Crippen LogP) is 5.54. The van der Waals surface area contributed by atoms with Gasteiger partial charge in [-0.3, -0.25) is 5.32 Å². The molecule has 150 valence electrons. The summed E-state index contributed by atoms with van der Waals surface area (Å²) in [6.07, 6.45) is 3.77. The van der Waals surface area contributed by atoms with Gasteiger partial charge < -0.3 is 9.64 Å². The molecule has 0 aliphatic carbocycles. The molecular formula is C20H32N4O2S. The average Bonchev–Trinajstić information content (AvgIpc) is 2.60. The van der Waals surface area contributed by atoms with E-state index in [2.05, 4.69) is 22.5 Å². The van der Waals surface area contributed by atoms with Gasteiger partial charge in [0.2, 0.25) is 0 Å². The van der Waals surface area contributed by atoms with Crippen LogP contribution in [0.15, 0.2) is 40.6 Å². The van der Waals surface area contributed by atoms with Crippen molar-refractivity contribution in [2.45, 2.75) is 72.0 Å². The Kier molecular flexibility index (Phi) is 9.93. The van der Waals surface area contributed by atoms with Crippen LogP contribution in [0.4, 0.5) is 4.79 Å². The van der Waals surface area contributed by atoms with Crippen molar-refractivity contribution in [1.29, 1.82) is 0 Å². The molecule has 6 nitrogen and oxygen atoms in total. The molecule has 0 aliphatic rings. The van der Waals surface area contributed by atoms with Gasteiger partial charge in [0.15, 0.2) is 5.11 Å². The lowest BCUT2D eigenvalue weighted by molar-refractivity contribution is 0.191. The Hall–Kier alpha value is -2.02. The molecule has 1 aromatic rings.